The van der Waals surface area contributed by atoms with Crippen molar-refractivity contribution in [3.63, 3.8) is 0 Å². The van der Waals surface area contributed by atoms with Crippen LogP contribution in [0.3, 0.4) is 0 Å². The number of nitrogens with one attached hydrogen (secondary N) is 1. The zero-order valence-electron chi connectivity index (χ0n) is 10.6. The molecule has 104 valence electrons. The second-order valence-electron chi connectivity index (χ2n) is 4.12. The SMILES string of the molecule is CC(CCNC(=O)CSc1ccc(F)cc1)C(=O)O. The van der Waals surface area contributed by atoms with Crippen LogP contribution in [-0.4, -0.2) is 29.3 Å². The van der Waals surface area contributed by atoms with Crippen molar-refractivity contribution in [2.75, 3.05) is 12.3 Å². The number of aliphatic carboxylic acids is 1. The van der Waals surface area contributed by atoms with Gasteiger partial charge in [0.15, 0.2) is 0 Å². The predicted octanol–water partition coefficient (Wildman–Crippen LogP) is 2.14. The van der Waals surface area contributed by atoms with Crippen molar-refractivity contribution in [3.05, 3.63) is 30.1 Å². The summed E-state index contributed by atoms with van der Waals surface area (Å²) in [7, 11) is 0. The molecule has 0 aliphatic heterocycles. The lowest BCUT2D eigenvalue weighted by Crippen LogP contribution is -2.28. The van der Waals surface area contributed by atoms with Crippen molar-refractivity contribution >= 4 is 23.6 Å². The molecule has 19 heavy (non-hydrogen) atoms. The van der Waals surface area contributed by atoms with Crippen LogP contribution in [0.5, 0.6) is 0 Å². The molecule has 0 bridgehead atoms. The normalized spacial score (nSPS) is 11.9. The second-order valence-corrected chi connectivity index (χ2v) is 5.17. The number of carboxylic acids is 1. The van der Waals surface area contributed by atoms with E-state index in [9.17, 15) is 14.0 Å². The van der Waals surface area contributed by atoms with E-state index in [0.29, 0.717) is 13.0 Å². The molecule has 0 fully saturated rings. The average molecular weight is 285 g/mol. The number of thioether (sulfide) groups is 1. The molecule has 0 aliphatic rings. The van der Waals surface area contributed by atoms with Crippen LogP contribution in [0, 0.1) is 11.7 Å². The molecule has 1 aromatic rings. The summed E-state index contributed by atoms with van der Waals surface area (Å²) >= 11 is 1.31. The fourth-order valence-corrected chi connectivity index (χ4v) is 2.01. The Labute approximate surface area is 115 Å². The average Bonchev–Trinajstić information content (AvgIpc) is 2.37. The maximum atomic E-state index is 12.7. The molecule has 1 amide bonds. The topological polar surface area (TPSA) is 66.4 Å². The van der Waals surface area contributed by atoms with Crippen LogP contribution in [0.15, 0.2) is 29.2 Å². The first-order chi connectivity index (χ1) is 8.99. The molecule has 0 aliphatic carbocycles. The molecule has 0 saturated heterocycles. The molecular weight excluding hydrogens is 269 g/mol. The van der Waals surface area contributed by atoms with E-state index in [-0.39, 0.29) is 17.5 Å². The van der Waals surface area contributed by atoms with Crippen LogP contribution in [0.1, 0.15) is 13.3 Å². The standard InChI is InChI=1S/C13H16FNO3S/c1-9(13(17)18)6-7-15-12(16)8-19-11-4-2-10(14)3-5-11/h2-5,9H,6-8H2,1H3,(H,15,16)(H,17,18). The molecule has 6 heteroatoms. The van der Waals surface area contributed by atoms with E-state index in [4.69, 9.17) is 5.11 Å². The highest BCUT2D eigenvalue weighted by Gasteiger charge is 2.10. The molecule has 1 atom stereocenters. The summed E-state index contributed by atoms with van der Waals surface area (Å²) in [6, 6.07) is 5.91. The van der Waals surface area contributed by atoms with Crippen LogP contribution in [0.4, 0.5) is 4.39 Å². The quantitative estimate of drug-likeness (QED) is 0.753. The van der Waals surface area contributed by atoms with Gasteiger partial charge in [-0.25, -0.2) is 4.39 Å². The number of carbonyl (C=O) groups is 2. The van der Waals surface area contributed by atoms with Gasteiger partial charge in [0.1, 0.15) is 5.82 Å². The number of amides is 1. The molecule has 1 rings (SSSR count). The minimum Gasteiger partial charge on any atom is -0.481 e. The van der Waals surface area contributed by atoms with Gasteiger partial charge in [-0.2, -0.15) is 0 Å². The number of carboxylic acid groups (broad SMARTS) is 1. The Morgan fingerprint density at radius 3 is 2.58 bits per heavy atom. The number of halogens is 1. The third-order valence-electron chi connectivity index (χ3n) is 2.50. The zero-order chi connectivity index (χ0) is 14.3. The van der Waals surface area contributed by atoms with Gasteiger partial charge in [0.05, 0.1) is 11.7 Å². The van der Waals surface area contributed by atoms with Crippen molar-refractivity contribution in [1.29, 1.82) is 0 Å². The summed E-state index contributed by atoms with van der Waals surface area (Å²) in [5.41, 5.74) is 0. The highest BCUT2D eigenvalue weighted by Crippen LogP contribution is 2.17. The maximum Gasteiger partial charge on any atom is 0.306 e. The minimum absolute atomic E-state index is 0.160. The number of benzene rings is 1. The summed E-state index contributed by atoms with van der Waals surface area (Å²) in [4.78, 5) is 22.9. The van der Waals surface area contributed by atoms with Crippen molar-refractivity contribution < 1.29 is 19.1 Å². The van der Waals surface area contributed by atoms with E-state index >= 15 is 0 Å². The van der Waals surface area contributed by atoms with Crippen molar-refractivity contribution in [1.82, 2.24) is 5.32 Å². The molecule has 0 heterocycles. The van der Waals surface area contributed by atoms with Gasteiger partial charge in [-0.3, -0.25) is 9.59 Å². The molecule has 4 nitrogen and oxygen atoms in total. The molecular formula is C13H16FNO3S. The van der Waals surface area contributed by atoms with E-state index in [0.717, 1.165) is 4.90 Å². The Hall–Kier alpha value is -1.56. The Morgan fingerprint density at radius 2 is 2.00 bits per heavy atom. The number of hydrogen-bond acceptors (Lipinski definition) is 3. The van der Waals surface area contributed by atoms with E-state index < -0.39 is 11.9 Å². The second kappa shape index (κ2) is 7.78. The highest BCUT2D eigenvalue weighted by molar-refractivity contribution is 8.00. The lowest BCUT2D eigenvalue weighted by Gasteiger charge is -2.07. The first kappa shape index (κ1) is 15.5. The lowest BCUT2D eigenvalue weighted by atomic mass is 10.1. The summed E-state index contributed by atoms with van der Waals surface area (Å²) in [6.45, 7) is 1.94. The van der Waals surface area contributed by atoms with Gasteiger partial charge < -0.3 is 10.4 Å². The van der Waals surface area contributed by atoms with Gasteiger partial charge in [0.25, 0.3) is 0 Å². The molecule has 0 aromatic heterocycles. The third-order valence-corrected chi connectivity index (χ3v) is 3.52. The molecule has 0 spiro atoms. The summed E-state index contributed by atoms with van der Waals surface area (Å²) in [6.07, 6.45) is 0.405. The molecule has 1 unspecified atom stereocenters. The van der Waals surface area contributed by atoms with Gasteiger partial charge in [0, 0.05) is 11.4 Å². The van der Waals surface area contributed by atoms with E-state index in [1.165, 1.54) is 23.9 Å². The molecule has 2 N–H and O–H groups in total. The largest absolute Gasteiger partial charge is 0.481 e. The van der Waals surface area contributed by atoms with E-state index in [1.54, 1.807) is 19.1 Å². The molecule has 0 radical (unpaired) electrons. The monoisotopic (exact) mass is 285 g/mol. The van der Waals surface area contributed by atoms with E-state index in [1.807, 2.05) is 0 Å². The van der Waals surface area contributed by atoms with E-state index in [2.05, 4.69) is 5.32 Å². The van der Waals surface area contributed by atoms with Gasteiger partial charge in [-0.05, 0) is 30.7 Å². The Kier molecular flexibility index (Phi) is 6.35. The fourth-order valence-electron chi connectivity index (χ4n) is 1.28. The Bertz CT molecular complexity index is 436. The van der Waals surface area contributed by atoms with Crippen LogP contribution in [0.25, 0.3) is 0 Å². The van der Waals surface area contributed by atoms with Crippen LogP contribution < -0.4 is 5.32 Å². The summed E-state index contributed by atoms with van der Waals surface area (Å²) in [5, 5.41) is 11.3. The van der Waals surface area contributed by atoms with Gasteiger partial charge in [0.2, 0.25) is 5.91 Å². The first-order valence-electron chi connectivity index (χ1n) is 5.87. The van der Waals surface area contributed by atoms with Crippen molar-refractivity contribution in [2.45, 2.75) is 18.2 Å². The fraction of sp³-hybridized carbons (Fsp3) is 0.385. The Balaban J connectivity index is 2.21. The van der Waals surface area contributed by atoms with Crippen LogP contribution in [0.2, 0.25) is 0 Å². The number of carbonyl (C=O) groups excluding carboxylic acids is 1. The van der Waals surface area contributed by atoms with Crippen molar-refractivity contribution in [2.24, 2.45) is 5.92 Å². The Morgan fingerprint density at radius 1 is 1.37 bits per heavy atom. The number of hydrogen-bond donors (Lipinski definition) is 2. The highest BCUT2D eigenvalue weighted by atomic mass is 32.2. The van der Waals surface area contributed by atoms with Crippen molar-refractivity contribution in [3.8, 4) is 0 Å². The number of rotatable bonds is 7. The van der Waals surface area contributed by atoms with Gasteiger partial charge in [-0.15, -0.1) is 11.8 Å². The summed E-state index contributed by atoms with van der Waals surface area (Å²) < 4.78 is 12.7. The zero-order valence-corrected chi connectivity index (χ0v) is 11.4. The third kappa shape index (κ3) is 6.24. The van der Waals surface area contributed by atoms with Crippen LogP contribution in [-0.2, 0) is 9.59 Å². The summed E-state index contributed by atoms with van der Waals surface area (Å²) in [5.74, 6) is -1.57. The predicted molar refractivity (Wildman–Crippen MR) is 71.6 cm³/mol. The first-order valence-corrected chi connectivity index (χ1v) is 6.85. The van der Waals surface area contributed by atoms with Crippen LogP contribution >= 0.6 is 11.8 Å². The maximum absolute atomic E-state index is 12.7. The lowest BCUT2D eigenvalue weighted by molar-refractivity contribution is -0.141. The molecule has 1 aromatic carbocycles. The van der Waals surface area contributed by atoms with Gasteiger partial charge >= 0.3 is 5.97 Å². The smallest absolute Gasteiger partial charge is 0.306 e. The minimum atomic E-state index is -0.866. The van der Waals surface area contributed by atoms with Gasteiger partial charge in [-0.1, -0.05) is 6.92 Å². The molecule has 0 saturated carbocycles.